The average molecular weight is 314 g/mol. The molecule has 2 amide bonds. The summed E-state index contributed by atoms with van der Waals surface area (Å²) < 4.78 is 4.98. The summed E-state index contributed by atoms with van der Waals surface area (Å²) in [6, 6.07) is 2.79. The lowest BCUT2D eigenvalue weighted by molar-refractivity contribution is 0.0521. The highest BCUT2D eigenvalue weighted by Gasteiger charge is 2.18. The van der Waals surface area contributed by atoms with E-state index >= 15 is 0 Å². The van der Waals surface area contributed by atoms with Crippen LogP contribution in [0.3, 0.4) is 0 Å². The minimum Gasteiger partial charge on any atom is -0.461 e. The summed E-state index contributed by atoms with van der Waals surface area (Å²) in [5, 5.41) is 10.5. The number of anilines is 1. The molecule has 2 heterocycles. The molecule has 0 fully saturated rings. The van der Waals surface area contributed by atoms with E-state index in [1.807, 2.05) is 0 Å². The number of nitrogens with one attached hydrogen (secondary N) is 2. The predicted octanol–water partition coefficient (Wildman–Crippen LogP) is 1.48. The van der Waals surface area contributed by atoms with Crippen LogP contribution in [0.25, 0.3) is 21.8 Å². The number of nitrogens with two attached hydrogens (primary N) is 1. The van der Waals surface area contributed by atoms with E-state index in [9.17, 15) is 9.59 Å². The molecule has 1 aromatic carbocycles. The molecule has 9 heteroatoms. The van der Waals surface area contributed by atoms with Crippen LogP contribution in [0.15, 0.2) is 12.1 Å². The number of nitrogens with zero attached hydrogens (tertiary/aromatic N) is 3. The van der Waals surface area contributed by atoms with Crippen molar-refractivity contribution in [2.45, 2.75) is 13.8 Å². The number of aryl methyl sites for hydroxylation is 1. The molecule has 3 rings (SSSR count). The Labute approximate surface area is 130 Å². The molecule has 9 nitrogen and oxygen atoms in total. The highest BCUT2D eigenvalue weighted by Crippen LogP contribution is 2.27. The van der Waals surface area contributed by atoms with Gasteiger partial charge in [0.15, 0.2) is 5.69 Å². The lowest BCUT2D eigenvalue weighted by Gasteiger charge is -2.06. The van der Waals surface area contributed by atoms with Gasteiger partial charge in [0.25, 0.3) is 0 Å². The second kappa shape index (κ2) is 5.52. The largest absolute Gasteiger partial charge is 0.461 e. The summed E-state index contributed by atoms with van der Waals surface area (Å²) in [5.41, 5.74) is 7.03. The fraction of sp³-hybridized carbons (Fsp3) is 0.214. The summed E-state index contributed by atoms with van der Waals surface area (Å²) >= 11 is 0. The van der Waals surface area contributed by atoms with Crippen molar-refractivity contribution in [1.82, 2.24) is 20.2 Å². The van der Waals surface area contributed by atoms with Crippen molar-refractivity contribution in [2.24, 2.45) is 5.73 Å². The Morgan fingerprint density at radius 1 is 1.30 bits per heavy atom. The number of hydrogen-bond acceptors (Lipinski definition) is 6. The molecule has 0 aliphatic rings. The summed E-state index contributed by atoms with van der Waals surface area (Å²) in [6.07, 6.45) is 0. The standard InChI is InChI=1S/C14H14N6O3/c1-3-23-12(21)11-8-5-4-7-6(2)16-14(18-13(15)22)17-9(7)10(8)19-20-11/h4-5H,3H2,1-2H3,(H,19,20)(H3,15,16,17,18,22). The summed E-state index contributed by atoms with van der Waals surface area (Å²) in [5.74, 6) is -0.429. The van der Waals surface area contributed by atoms with E-state index in [4.69, 9.17) is 10.5 Å². The molecule has 0 bridgehead atoms. The molecule has 0 spiro atoms. The molecular weight excluding hydrogens is 300 g/mol. The van der Waals surface area contributed by atoms with Gasteiger partial charge in [-0.3, -0.25) is 10.4 Å². The first-order chi connectivity index (χ1) is 11.0. The van der Waals surface area contributed by atoms with Gasteiger partial charge in [0.05, 0.1) is 17.8 Å². The monoisotopic (exact) mass is 314 g/mol. The number of urea groups is 1. The highest BCUT2D eigenvalue weighted by molar-refractivity contribution is 6.11. The first kappa shape index (κ1) is 14.7. The summed E-state index contributed by atoms with van der Waals surface area (Å²) in [6.45, 7) is 3.76. The Morgan fingerprint density at radius 3 is 2.74 bits per heavy atom. The maximum Gasteiger partial charge on any atom is 0.359 e. The van der Waals surface area contributed by atoms with Crippen molar-refractivity contribution in [1.29, 1.82) is 0 Å². The molecule has 0 saturated heterocycles. The molecular formula is C14H14N6O3. The van der Waals surface area contributed by atoms with Crippen LogP contribution in [-0.4, -0.2) is 38.8 Å². The van der Waals surface area contributed by atoms with Crippen molar-refractivity contribution >= 4 is 39.8 Å². The van der Waals surface area contributed by atoms with Gasteiger partial charge in [-0.05, 0) is 19.9 Å². The lowest BCUT2D eigenvalue weighted by Crippen LogP contribution is -2.21. The van der Waals surface area contributed by atoms with Gasteiger partial charge in [-0.1, -0.05) is 6.07 Å². The minimum absolute atomic E-state index is 0.0854. The number of amides is 2. The van der Waals surface area contributed by atoms with Gasteiger partial charge in [0.2, 0.25) is 5.95 Å². The number of esters is 1. The van der Waals surface area contributed by atoms with Crippen molar-refractivity contribution in [3.8, 4) is 0 Å². The quantitative estimate of drug-likeness (QED) is 0.626. The van der Waals surface area contributed by atoms with Gasteiger partial charge >= 0.3 is 12.0 Å². The van der Waals surface area contributed by atoms with E-state index in [0.29, 0.717) is 22.1 Å². The van der Waals surface area contributed by atoms with E-state index < -0.39 is 12.0 Å². The molecule has 0 aliphatic carbocycles. The third kappa shape index (κ3) is 2.52. The van der Waals surface area contributed by atoms with Crippen molar-refractivity contribution < 1.29 is 14.3 Å². The lowest BCUT2D eigenvalue weighted by atomic mass is 10.1. The number of aromatic amines is 1. The van der Waals surface area contributed by atoms with Crippen LogP contribution in [-0.2, 0) is 4.74 Å². The van der Waals surface area contributed by atoms with E-state index in [-0.39, 0.29) is 18.2 Å². The Kier molecular flexibility index (Phi) is 3.53. The predicted molar refractivity (Wildman–Crippen MR) is 83.1 cm³/mol. The zero-order valence-electron chi connectivity index (χ0n) is 12.5. The van der Waals surface area contributed by atoms with Gasteiger partial charge in [-0.25, -0.2) is 19.6 Å². The van der Waals surface area contributed by atoms with Crippen LogP contribution >= 0.6 is 0 Å². The summed E-state index contributed by atoms with van der Waals surface area (Å²) in [7, 11) is 0. The fourth-order valence-corrected chi connectivity index (χ4v) is 2.35. The Balaban J connectivity index is 2.23. The molecule has 0 unspecified atom stereocenters. The summed E-state index contributed by atoms with van der Waals surface area (Å²) in [4.78, 5) is 31.4. The number of ether oxygens (including phenoxy) is 1. The van der Waals surface area contributed by atoms with Crippen molar-refractivity contribution in [3.63, 3.8) is 0 Å². The van der Waals surface area contributed by atoms with E-state index in [0.717, 1.165) is 5.39 Å². The van der Waals surface area contributed by atoms with Gasteiger partial charge < -0.3 is 10.5 Å². The Hall–Kier alpha value is -3.23. The zero-order valence-corrected chi connectivity index (χ0v) is 12.5. The molecule has 4 N–H and O–H groups in total. The second-order valence-electron chi connectivity index (χ2n) is 4.80. The SMILES string of the molecule is CCOC(=O)c1n[nH]c2c1ccc1c(C)nc(NC(N)=O)nc12. The van der Waals surface area contributed by atoms with Crippen molar-refractivity contribution in [2.75, 3.05) is 11.9 Å². The first-order valence-corrected chi connectivity index (χ1v) is 6.90. The average Bonchev–Trinajstić information content (AvgIpc) is 2.91. The second-order valence-corrected chi connectivity index (χ2v) is 4.80. The molecule has 3 aromatic rings. The molecule has 0 saturated carbocycles. The molecule has 118 valence electrons. The van der Waals surface area contributed by atoms with E-state index in [1.54, 1.807) is 26.0 Å². The Bertz CT molecular complexity index is 933. The number of primary amides is 1. The number of carbonyl (C=O) groups excluding carboxylic acids is 2. The van der Waals surface area contributed by atoms with Crippen LogP contribution in [0.5, 0.6) is 0 Å². The maximum absolute atomic E-state index is 11.9. The van der Waals surface area contributed by atoms with Gasteiger partial charge in [-0.2, -0.15) is 5.10 Å². The number of carbonyl (C=O) groups is 2. The highest BCUT2D eigenvalue weighted by atomic mass is 16.5. The van der Waals surface area contributed by atoms with Gasteiger partial charge in [-0.15, -0.1) is 0 Å². The van der Waals surface area contributed by atoms with Crippen LogP contribution in [0.2, 0.25) is 0 Å². The number of hydrogen-bond donors (Lipinski definition) is 3. The molecule has 0 radical (unpaired) electrons. The topological polar surface area (TPSA) is 136 Å². The third-order valence-corrected chi connectivity index (χ3v) is 3.30. The zero-order chi connectivity index (χ0) is 16.6. The number of aromatic nitrogens is 4. The van der Waals surface area contributed by atoms with Crippen LogP contribution in [0, 0.1) is 6.92 Å². The molecule has 0 atom stereocenters. The van der Waals surface area contributed by atoms with Gasteiger partial charge in [0, 0.05) is 10.8 Å². The number of rotatable bonds is 3. The van der Waals surface area contributed by atoms with Crippen molar-refractivity contribution in [3.05, 3.63) is 23.5 Å². The van der Waals surface area contributed by atoms with Crippen LogP contribution in [0.1, 0.15) is 23.1 Å². The minimum atomic E-state index is -0.757. The molecule has 23 heavy (non-hydrogen) atoms. The Morgan fingerprint density at radius 2 is 2.04 bits per heavy atom. The third-order valence-electron chi connectivity index (χ3n) is 3.30. The van der Waals surface area contributed by atoms with Crippen LogP contribution in [0.4, 0.5) is 10.7 Å². The number of H-pyrrole nitrogens is 1. The first-order valence-electron chi connectivity index (χ1n) is 6.90. The van der Waals surface area contributed by atoms with Crippen LogP contribution < -0.4 is 11.1 Å². The van der Waals surface area contributed by atoms with E-state index in [2.05, 4.69) is 25.5 Å². The molecule has 2 aromatic heterocycles. The van der Waals surface area contributed by atoms with E-state index in [1.165, 1.54) is 0 Å². The fourth-order valence-electron chi connectivity index (χ4n) is 2.35. The maximum atomic E-state index is 11.9. The normalized spacial score (nSPS) is 10.9. The number of benzene rings is 1. The van der Waals surface area contributed by atoms with Gasteiger partial charge in [0.1, 0.15) is 5.52 Å². The number of fused-ring (bicyclic) bond motifs is 3. The smallest absolute Gasteiger partial charge is 0.359 e. The molecule has 0 aliphatic heterocycles.